The third-order valence-electron chi connectivity index (χ3n) is 4.03. The van der Waals surface area contributed by atoms with Crippen molar-refractivity contribution in [2.45, 2.75) is 12.1 Å². The highest BCUT2D eigenvalue weighted by Gasteiger charge is 2.18. The van der Waals surface area contributed by atoms with Gasteiger partial charge in [-0.2, -0.15) is 15.0 Å². The largest absolute Gasteiger partial charge is 0.378 e. The monoisotopic (exact) mass is 444 g/mol. The van der Waals surface area contributed by atoms with Crippen molar-refractivity contribution in [1.82, 2.24) is 25.1 Å². The number of aryl methyl sites for hydroxylation is 1. The number of amides is 1. The SMILES string of the molecule is Cc1nnc(NC(=O)CSc2nc(Nc3ccccc3)nc(N3CCOCC3)n2)s1. The van der Waals surface area contributed by atoms with Crippen molar-refractivity contribution in [2.75, 3.05) is 47.6 Å². The molecule has 0 unspecified atom stereocenters. The summed E-state index contributed by atoms with van der Waals surface area (Å²) in [6.07, 6.45) is 0. The lowest BCUT2D eigenvalue weighted by Crippen LogP contribution is -2.37. The molecule has 0 atom stereocenters. The molecular formula is C18H20N8O2S2. The number of ether oxygens (including phenoxy) is 1. The van der Waals surface area contributed by atoms with E-state index >= 15 is 0 Å². The molecule has 1 aromatic carbocycles. The van der Waals surface area contributed by atoms with Gasteiger partial charge < -0.3 is 15.0 Å². The molecule has 0 spiro atoms. The Balaban J connectivity index is 1.48. The van der Waals surface area contributed by atoms with Crippen molar-refractivity contribution in [3.8, 4) is 0 Å². The third-order valence-corrected chi connectivity index (χ3v) is 5.63. The number of anilines is 4. The summed E-state index contributed by atoms with van der Waals surface area (Å²) in [6.45, 7) is 4.49. The van der Waals surface area contributed by atoms with Crippen LogP contribution in [0.3, 0.4) is 0 Å². The van der Waals surface area contributed by atoms with Gasteiger partial charge in [0.1, 0.15) is 5.01 Å². The minimum Gasteiger partial charge on any atom is -0.378 e. The highest BCUT2D eigenvalue weighted by molar-refractivity contribution is 7.99. The minimum absolute atomic E-state index is 0.149. The predicted octanol–water partition coefficient (Wildman–Crippen LogP) is 2.34. The van der Waals surface area contributed by atoms with E-state index < -0.39 is 0 Å². The van der Waals surface area contributed by atoms with Gasteiger partial charge in [-0.3, -0.25) is 10.1 Å². The van der Waals surface area contributed by atoms with E-state index in [0.29, 0.717) is 48.5 Å². The molecule has 0 radical (unpaired) electrons. The Morgan fingerprint density at radius 3 is 2.70 bits per heavy atom. The van der Waals surface area contributed by atoms with Crippen LogP contribution in [0.5, 0.6) is 0 Å². The first kappa shape index (κ1) is 20.4. The zero-order valence-corrected chi connectivity index (χ0v) is 17.9. The van der Waals surface area contributed by atoms with Crippen molar-refractivity contribution >= 4 is 51.7 Å². The molecule has 1 aliphatic rings. The Morgan fingerprint density at radius 2 is 1.97 bits per heavy atom. The Hall–Kier alpha value is -2.83. The number of aromatic nitrogens is 5. The van der Waals surface area contributed by atoms with Gasteiger partial charge in [-0.15, -0.1) is 10.2 Å². The molecule has 0 bridgehead atoms. The first-order valence-electron chi connectivity index (χ1n) is 9.29. The van der Waals surface area contributed by atoms with E-state index in [9.17, 15) is 4.79 Å². The van der Waals surface area contributed by atoms with Gasteiger partial charge in [-0.1, -0.05) is 41.3 Å². The third kappa shape index (κ3) is 5.62. The van der Waals surface area contributed by atoms with Crippen molar-refractivity contribution in [1.29, 1.82) is 0 Å². The van der Waals surface area contributed by atoms with Gasteiger partial charge in [0.25, 0.3) is 0 Å². The lowest BCUT2D eigenvalue weighted by atomic mass is 10.3. The quantitative estimate of drug-likeness (QED) is 0.526. The fourth-order valence-corrected chi connectivity index (χ4v) is 3.89. The summed E-state index contributed by atoms with van der Waals surface area (Å²) in [6, 6.07) is 9.67. The van der Waals surface area contributed by atoms with Crippen LogP contribution in [-0.2, 0) is 9.53 Å². The second-order valence-corrected chi connectivity index (χ2v) is 8.42. The van der Waals surface area contributed by atoms with Crippen molar-refractivity contribution < 1.29 is 9.53 Å². The molecule has 12 heteroatoms. The van der Waals surface area contributed by atoms with Crippen molar-refractivity contribution in [2.24, 2.45) is 0 Å². The van der Waals surface area contributed by atoms with Gasteiger partial charge in [-0.25, -0.2) is 0 Å². The molecule has 2 aromatic heterocycles. The van der Waals surface area contributed by atoms with Crippen molar-refractivity contribution in [3.05, 3.63) is 35.3 Å². The molecule has 1 saturated heterocycles. The van der Waals surface area contributed by atoms with Crippen LogP contribution in [0, 0.1) is 6.92 Å². The van der Waals surface area contributed by atoms with Crippen LogP contribution in [-0.4, -0.2) is 63.1 Å². The van der Waals surface area contributed by atoms with Gasteiger partial charge >= 0.3 is 0 Å². The summed E-state index contributed by atoms with van der Waals surface area (Å²) in [5.74, 6) is 0.951. The molecule has 0 saturated carbocycles. The number of thioether (sulfide) groups is 1. The maximum atomic E-state index is 12.3. The number of carbonyl (C=O) groups excluding carboxylic acids is 1. The van der Waals surface area contributed by atoms with E-state index in [1.807, 2.05) is 37.3 Å². The number of hydrogen-bond donors (Lipinski definition) is 2. The van der Waals surface area contributed by atoms with Crippen molar-refractivity contribution in [3.63, 3.8) is 0 Å². The number of para-hydroxylation sites is 1. The van der Waals surface area contributed by atoms with E-state index in [4.69, 9.17) is 4.74 Å². The number of hydrogen-bond acceptors (Lipinski definition) is 11. The molecular weight excluding hydrogens is 424 g/mol. The molecule has 156 valence electrons. The Bertz CT molecular complexity index is 995. The van der Waals surface area contributed by atoms with E-state index in [1.54, 1.807) is 0 Å². The molecule has 1 aliphatic heterocycles. The summed E-state index contributed by atoms with van der Waals surface area (Å²) < 4.78 is 5.42. The normalized spacial score (nSPS) is 13.8. The molecule has 1 amide bonds. The summed E-state index contributed by atoms with van der Waals surface area (Å²) in [4.78, 5) is 27.9. The predicted molar refractivity (Wildman–Crippen MR) is 117 cm³/mol. The standard InChI is InChI=1S/C18H20N8O2S2/c1-12-24-25-18(30-12)20-14(27)11-29-17-22-15(19-13-5-3-2-4-6-13)21-16(23-17)26-7-9-28-10-8-26/h2-6H,7-11H2,1H3,(H,20,25,27)(H,19,21,22,23). The molecule has 30 heavy (non-hydrogen) atoms. The fraction of sp³-hybridized carbons (Fsp3) is 0.333. The van der Waals surface area contributed by atoms with Gasteiger partial charge in [0, 0.05) is 18.8 Å². The smallest absolute Gasteiger partial charge is 0.236 e. The number of nitrogens with one attached hydrogen (secondary N) is 2. The van der Waals surface area contributed by atoms with Crippen LogP contribution < -0.4 is 15.5 Å². The molecule has 10 nitrogen and oxygen atoms in total. The Kier molecular flexibility index (Phi) is 6.67. The molecule has 4 rings (SSSR count). The minimum atomic E-state index is -0.193. The van der Waals surface area contributed by atoms with Crippen LogP contribution in [0.4, 0.5) is 22.7 Å². The van der Waals surface area contributed by atoms with Crippen LogP contribution in [0.15, 0.2) is 35.5 Å². The number of morpholine rings is 1. The second kappa shape index (κ2) is 9.78. The van der Waals surface area contributed by atoms with Gasteiger partial charge in [-0.05, 0) is 19.1 Å². The summed E-state index contributed by atoms with van der Waals surface area (Å²) in [5.41, 5.74) is 0.872. The summed E-state index contributed by atoms with van der Waals surface area (Å²) >= 11 is 2.57. The zero-order valence-electron chi connectivity index (χ0n) is 16.2. The topological polar surface area (TPSA) is 118 Å². The lowest BCUT2D eigenvalue weighted by Gasteiger charge is -2.27. The van der Waals surface area contributed by atoms with Crippen LogP contribution in [0.25, 0.3) is 0 Å². The molecule has 0 aliphatic carbocycles. The Labute approximate surface area is 181 Å². The highest BCUT2D eigenvalue weighted by atomic mass is 32.2. The summed E-state index contributed by atoms with van der Waals surface area (Å²) in [5, 5.41) is 15.5. The van der Waals surface area contributed by atoms with Crippen LogP contribution in [0.1, 0.15) is 5.01 Å². The average molecular weight is 445 g/mol. The van der Waals surface area contributed by atoms with Gasteiger partial charge in [0.15, 0.2) is 5.16 Å². The van der Waals surface area contributed by atoms with Gasteiger partial charge in [0.05, 0.1) is 19.0 Å². The lowest BCUT2D eigenvalue weighted by molar-refractivity contribution is -0.113. The van der Waals surface area contributed by atoms with E-state index in [1.165, 1.54) is 23.1 Å². The second-order valence-electron chi connectivity index (χ2n) is 6.30. The van der Waals surface area contributed by atoms with Gasteiger partial charge in [0.2, 0.25) is 22.9 Å². The van der Waals surface area contributed by atoms with Crippen LogP contribution >= 0.6 is 23.1 Å². The number of benzene rings is 1. The Morgan fingerprint density at radius 1 is 1.17 bits per heavy atom. The first-order chi connectivity index (χ1) is 14.7. The average Bonchev–Trinajstić information content (AvgIpc) is 3.18. The fourth-order valence-electron chi connectivity index (χ4n) is 2.65. The number of nitrogens with zero attached hydrogens (tertiary/aromatic N) is 6. The van der Waals surface area contributed by atoms with E-state index in [0.717, 1.165) is 10.7 Å². The maximum Gasteiger partial charge on any atom is 0.236 e. The highest BCUT2D eigenvalue weighted by Crippen LogP contribution is 2.22. The van der Waals surface area contributed by atoms with Crippen LogP contribution in [0.2, 0.25) is 0 Å². The number of rotatable bonds is 7. The summed E-state index contributed by atoms with van der Waals surface area (Å²) in [7, 11) is 0. The molecule has 1 fully saturated rings. The van der Waals surface area contributed by atoms with E-state index in [-0.39, 0.29) is 11.7 Å². The van der Waals surface area contributed by atoms with E-state index in [2.05, 4.69) is 40.7 Å². The zero-order chi connectivity index (χ0) is 20.8. The molecule has 3 heterocycles. The first-order valence-corrected chi connectivity index (χ1v) is 11.1. The maximum absolute atomic E-state index is 12.3. The molecule has 2 N–H and O–H groups in total. The molecule has 3 aromatic rings. The number of carbonyl (C=O) groups is 1.